The van der Waals surface area contributed by atoms with Gasteiger partial charge in [-0.15, -0.1) is 0 Å². The molecule has 2 heteroatoms. The zero-order valence-corrected chi connectivity index (χ0v) is 18.4. The van der Waals surface area contributed by atoms with Crippen LogP contribution in [0.3, 0.4) is 0 Å². The Balaban J connectivity index is 1.91. The van der Waals surface area contributed by atoms with Crippen LogP contribution in [-0.2, 0) is 11.8 Å². The Labute approximate surface area is 179 Å². The molecule has 0 aliphatic heterocycles. The number of halogens is 1. The maximum absolute atomic E-state index is 14.4. The van der Waals surface area contributed by atoms with Gasteiger partial charge >= 0.3 is 0 Å². The van der Waals surface area contributed by atoms with Gasteiger partial charge in [0.2, 0.25) is 0 Å². The number of hydrogen-bond donors (Lipinski definition) is 0. The standard InChI is InChI=1S/C28H27FP/c1-28(2,29)24-20-18-23(19-21-24)22-30(25-12-6-3-7-13-25,26-14-8-4-9-15-26)27-16-10-5-11-17-27/h3-21H,22H2,1-2H3/q+1. The Morgan fingerprint density at radius 3 is 1.27 bits per heavy atom. The Morgan fingerprint density at radius 2 is 0.933 bits per heavy atom. The quantitative estimate of drug-likeness (QED) is 0.322. The third-order valence-corrected chi connectivity index (χ3v) is 10.0. The minimum Gasteiger partial charge on any atom is -0.239 e. The fraction of sp³-hybridized carbons (Fsp3) is 0.143. The fourth-order valence-corrected chi connectivity index (χ4v) is 8.29. The summed E-state index contributed by atoms with van der Waals surface area (Å²) in [6.45, 7) is 3.22. The average molecular weight is 413 g/mol. The molecular formula is C28H27FP+. The van der Waals surface area contributed by atoms with E-state index in [0.717, 1.165) is 6.16 Å². The molecule has 0 atom stereocenters. The van der Waals surface area contributed by atoms with Crippen LogP contribution >= 0.6 is 7.26 Å². The molecule has 0 fully saturated rings. The minimum absolute atomic E-state index is 0.717. The van der Waals surface area contributed by atoms with E-state index in [9.17, 15) is 4.39 Å². The molecule has 0 spiro atoms. The van der Waals surface area contributed by atoms with Crippen LogP contribution < -0.4 is 15.9 Å². The van der Waals surface area contributed by atoms with Crippen molar-refractivity contribution in [1.29, 1.82) is 0 Å². The first-order valence-electron chi connectivity index (χ1n) is 10.3. The second kappa shape index (κ2) is 8.54. The summed E-state index contributed by atoms with van der Waals surface area (Å²) >= 11 is 0. The predicted molar refractivity (Wildman–Crippen MR) is 129 cm³/mol. The highest BCUT2D eigenvalue weighted by atomic mass is 31.2. The van der Waals surface area contributed by atoms with Gasteiger partial charge in [-0.2, -0.15) is 0 Å². The number of rotatable bonds is 6. The summed E-state index contributed by atoms with van der Waals surface area (Å²) in [6, 6.07) is 40.6. The van der Waals surface area contributed by atoms with Gasteiger partial charge in [0.25, 0.3) is 0 Å². The van der Waals surface area contributed by atoms with Crippen LogP contribution in [0, 0.1) is 0 Å². The molecule has 0 radical (unpaired) electrons. The monoisotopic (exact) mass is 413 g/mol. The molecule has 150 valence electrons. The first kappa shape index (κ1) is 20.5. The average Bonchev–Trinajstić information content (AvgIpc) is 2.79. The zero-order valence-electron chi connectivity index (χ0n) is 17.5. The molecule has 4 aromatic carbocycles. The van der Waals surface area contributed by atoms with Crippen LogP contribution in [-0.4, -0.2) is 0 Å². The molecule has 0 aromatic heterocycles. The summed E-state index contributed by atoms with van der Waals surface area (Å²) in [7, 11) is -1.92. The maximum Gasteiger partial charge on any atom is 0.130 e. The lowest BCUT2D eigenvalue weighted by Crippen LogP contribution is -2.32. The molecule has 0 aliphatic rings. The van der Waals surface area contributed by atoms with Gasteiger partial charge in [0, 0.05) is 0 Å². The van der Waals surface area contributed by atoms with Gasteiger partial charge in [-0.1, -0.05) is 78.9 Å². The van der Waals surface area contributed by atoms with E-state index in [-0.39, 0.29) is 0 Å². The Bertz CT molecular complexity index is 970. The van der Waals surface area contributed by atoms with Crippen molar-refractivity contribution in [3.63, 3.8) is 0 Å². The largest absolute Gasteiger partial charge is 0.239 e. The van der Waals surface area contributed by atoms with E-state index in [2.05, 4.69) is 103 Å². The lowest BCUT2D eigenvalue weighted by Gasteiger charge is -2.28. The molecule has 0 bridgehead atoms. The molecule has 0 unspecified atom stereocenters. The highest BCUT2D eigenvalue weighted by molar-refractivity contribution is 7.95. The fourth-order valence-electron chi connectivity index (χ4n) is 4.05. The summed E-state index contributed by atoms with van der Waals surface area (Å²) in [6.07, 6.45) is 0.901. The van der Waals surface area contributed by atoms with Gasteiger partial charge in [-0.25, -0.2) is 4.39 Å². The molecule has 0 N–H and O–H groups in total. The summed E-state index contributed by atoms with van der Waals surface area (Å²) < 4.78 is 14.4. The second-order valence-corrected chi connectivity index (χ2v) is 11.6. The summed E-state index contributed by atoms with van der Waals surface area (Å²) in [5, 5.41) is 4.08. The van der Waals surface area contributed by atoms with Crippen molar-refractivity contribution in [2.24, 2.45) is 0 Å². The van der Waals surface area contributed by atoms with Crippen molar-refractivity contribution < 1.29 is 4.39 Å². The maximum atomic E-state index is 14.4. The van der Waals surface area contributed by atoms with Gasteiger partial charge in [-0.3, -0.25) is 0 Å². The molecule has 0 heterocycles. The molecule has 0 nitrogen and oxygen atoms in total. The van der Waals surface area contributed by atoms with Crippen LogP contribution in [0.15, 0.2) is 115 Å². The van der Waals surface area contributed by atoms with Crippen LogP contribution in [0.2, 0.25) is 0 Å². The highest BCUT2D eigenvalue weighted by Gasteiger charge is 2.45. The minimum atomic E-state index is -1.92. The summed E-state index contributed by atoms with van der Waals surface area (Å²) in [4.78, 5) is 0. The first-order valence-corrected chi connectivity index (χ1v) is 12.3. The molecule has 4 rings (SSSR count). The molecule has 0 saturated heterocycles. The van der Waals surface area contributed by atoms with Gasteiger partial charge in [-0.05, 0) is 61.4 Å². The summed E-state index contributed by atoms with van der Waals surface area (Å²) in [5.74, 6) is 0. The molecule has 0 amide bonds. The predicted octanol–water partition coefficient (Wildman–Crippen LogP) is 6.39. The summed E-state index contributed by atoms with van der Waals surface area (Å²) in [5.41, 5.74) is 0.616. The Morgan fingerprint density at radius 1 is 0.567 bits per heavy atom. The van der Waals surface area contributed by atoms with Gasteiger partial charge in [0.05, 0.1) is 6.16 Å². The first-order chi connectivity index (χ1) is 14.5. The van der Waals surface area contributed by atoms with Crippen LogP contribution in [0.25, 0.3) is 0 Å². The molecular weight excluding hydrogens is 386 g/mol. The normalized spacial score (nSPS) is 12.0. The highest BCUT2D eigenvalue weighted by Crippen LogP contribution is 2.58. The number of alkyl halides is 1. The Hall–Kier alpha value is -2.76. The molecule has 4 aromatic rings. The van der Waals surface area contributed by atoms with Crippen molar-refractivity contribution in [2.75, 3.05) is 0 Å². The number of hydrogen-bond acceptors (Lipinski definition) is 0. The zero-order chi connectivity index (χ0) is 21.0. The third-order valence-electron chi connectivity index (χ3n) is 5.65. The van der Waals surface area contributed by atoms with E-state index in [0.29, 0.717) is 5.56 Å². The smallest absolute Gasteiger partial charge is 0.130 e. The third kappa shape index (κ3) is 4.09. The van der Waals surface area contributed by atoms with E-state index >= 15 is 0 Å². The van der Waals surface area contributed by atoms with Crippen molar-refractivity contribution in [3.8, 4) is 0 Å². The van der Waals surface area contributed by atoms with E-state index < -0.39 is 12.9 Å². The van der Waals surface area contributed by atoms with Gasteiger partial charge < -0.3 is 0 Å². The molecule has 0 aliphatic carbocycles. The van der Waals surface area contributed by atoms with Crippen molar-refractivity contribution in [1.82, 2.24) is 0 Å². The van der Waals surface area contributed by atoms with E-state index in [1.54, 1.807) is 13.8 Å². The van der Waals surface area contributed by atoms with Crippen LogP contribution in [0.4, 0.5) is 4.39 Å². The SMILES string of the molecule is CC(C)(F)c1ccc(C[P+](c2ccccc2)(c2ccccc2)c2ccccc2)cc1. The van der Waals surface area contributed by atoms with Gasteiger partial charge in [0.1, 0.15) is 28.8 Å². The van der Waals surface area contributed by atoms with E-state index in [1.165, 1.54) is 21.5 Å². The van der Waals surface area contributed by atoms with Crippen molar-refractivity contribution in [2.45, 2.75) is 25.7 Å². The molecule has 0 saturated carbocycles. The lowest BCUT2D eigenvalue weighted by atomic mass is 9.99. The van der Waals surface area contributed by atoms with Crippen LogP contribution in [0.5, 0.6) is 0 Å². The van der Waals surface area contributed by atoms with Crippen molar-refractivity contribution >= 4 is 23.2 Å². The number of benzene rings is 4. The van der Waals surface area contributed by atoms with Crippen LogP contribution in [0.1, 0.15) is 25.0 Å². The topological polar surface area (TPSA) is 0 Å². The van der Waals surface area contributed by atoms with E-state index in [4.69, 9.17) is 0 Å². The lowest BCUT2D eigenvalue weighted by molar-refractivity contribution is 0.221. The van der Waals surface area contributed by atoms with Gasteiger partial charge in [0.15, 0.2) is 0 Å². The molecule has 30 heavy (non-hydrogen) atoms. The second-order valence-electron chi connectivity index (χ2n) is 8.14. The van der Waals surface area contributed by atoms with E-state index in [1.807, 2.05) is 12.1 Å². The van der Waals surface area contributed by atoms with Crippen molar-refractivity contribution in [3.05, 3.63) is 126 Å². The Kier molecular flexibility index (Phi) is 5.84.